The molecule has 1 aliphatic carbocycles. The first-order valence-electron chi connectivity index (χ1n) is 8.53. The van der Waals surface area contributed by atoms with E-state index in [1.165, 1.54) is 12.8 Å². The molecule has 1 fully saturated rings. The van der Waals surface area contributed by atoms with Crippen molar-refractivity contribution in [3.05, 3.63) is 51.8 Å². The molecule has 1 aromatic carbocycles. The van der Waals surface area contributed by atoms with E-state index in [-0.39, 0.29) is 5.56 Å². The second kappa shape index (κ2) is 5.17. The Morgan fingerprint density at radius 3 is 2.88 bits per heavy atom. The second-order valence-corrected chi connectivity index (χ2v) is 7.79. The monoisotopic (exact) mass is 368 g/mol. The summed E-state index contributed by atoms with van der Waals surface area (Å²) in [5.41, 5.74) is 2.56. The lowest BCUT2D eigenvalue weighted by Crippen LogP contribution is -2.21. The zero-order valence-electron chi connectivity index (χ0n) is 14.5. The summed E-state index contributed by atoms with van der Waals surface area (Å²) in [5, 5.41) is 9.24. The number of hydrogen-bond acceptors (Lipinski definition) is 4. The standard InChI is InChI=1S/C18H17ClN6O/c1-18(6-7-18)8-11-9-21-22-25(11)15-16-23(2)17(26)14-12(19)4-3-5-13(14)24(16)10-20-15/h3-5,9-10H,6-8H2,1-2H3. The van der Waals surface area contributed by atoms with E-state index >= 15 is 0 Å². The quantitative estimate of drug-likeness (QED) is 0.557. The van der Waals surface area contributed by atoms with Gasteiger partial charge in [-0.05, 0) is 36.8 Å². The van der Waals surface area contributed by atoms with Gasteiger partial charge >= 0.3 is 0 Å². The van der Waals surface area contributed by atoms with Gasteiger partial charge in [0.15, 0.2) is 11.5 Å². The van der Waals surface area contributed by atoms with Gasteiger partial charge in [0, 0.05) is 7.05 Å². The van der Waals surface area contributed by atoms with Crippen molar-refractivity contribution in [2.24, 2.45) is 12.5 Å². The fourth-order valence-corrected chi connectivity index (χ4v) is 3.79. The van der Waals surface area contributed by atoms with Gasteiger partial charge in [-0.2, -0.15) is 4.68 Å². The summed E-state index contributed by atoms with van der Waals surface area (Å²) in [6.07, 6.45) is 6.80. The summed E-state index contributed by atoms with van der Waals surface area (Å²) in [5.74, 6) is 0.600. The van der Waals surface area contributed by atoms with Crippen LogP contribution in [0.3, 0.4) is 0 Å². The molecular weight excluding hydrogens is 352 g/mol. The molecule has 0 amide bonds. The first kappa shape index (κ1) is 15.6. The Morgan fingerprint density at radius 2 is 2.12 bits per heavy atom. The average molecular weight is 369 g/mol. The molecule has 0 saturated heterocycles. The van der Waals surface area contributed by atoms with Gasteiger partial charge in [0.25, 0.3) is 5.56 Å². The number of hydrogen-bond donors (Lipinski definition) is 0. The highest BCUT2D eigenvalue weighted by atomic mass is 35.5. The molecule has 1 saturated carbocycles. The van der Waals surface area contributed by atoms with Gasteiger partial charge in [0.05, 0.1) is 27.8 Å². The number of halogens is 1. The van der Waals surface area contributed by atoms with Gasteiger partial charge in [0.1, 0.15) is 6.33 Å². The third-order valence-electron chi connectivity index (χ3n) is 5.34. The number of nitrogens with zero attached hydrogens (tertiary/aromatic N) is 6. The molecule has 8 heteroatoms. The molecule has 0 spiro atoms. The molecule has 132 valence electrons. The molecule has 3 aromatic heterocycles. The molecule has 7 nitrogen and oxygen atoms in total. The van der Waals surface area contributed by atoms with E-state index in [0.29, 0.717) is 27.3 Å². The van der Waals surface area contributed by atoms with Crippen molar-refractivity contribution in [1.82, 2.24) is 28.9 Å². The Morgan fingerprint density at radius 1 is 1.31 bits per heavy atom. The maximum atomic E-state index is 12.9. The Labute approximate surface area is 153 Å². The van der Waals surface area contributed by atoms with Crippen LogP contribution in [-0.2, 0) is 13.5 Å². The third-order valence-corrected chi connectivity index (χ3v) is 5.66. The van der Waals surface area contributed by atoms with Crippen LogP contribution in [0.15, 0.2) is 35.5 Å². The average Bonchev–Trinajstić information content (AvgIpc) is 3.00. The van der Waals surface area contributed by atoms with Crippen LogP contribution < -0.4 is 5.56 Å². The van der Waals surface area contributed by atoms with Gasteiger partial charge in [-0.15, -0.1) is 5.10 Å². The summed E-state index contributed by atoms with van der Waals surface area (Å²) >= 11 is 6.27. The predicted octanol–water partition coefficient (Wildman–Crippen LogP) is 2.76. The third kappa shape index (κ3) is 2.13. The van der Waals surface area contributed by atoms with Gasteiger partial charge in [-0.25, -0.2) is 4.98 Å². The molecule has 1 aliphatic rings. The molecule has 0 unspecified atom stereocenters. The fraction of sp³-hybridized carbons (Fsp3) is 0.333. The topological polar surface area (TPSA) is 70.0 Å². The van der Waals surface area contributed by atoms with Crippen LogP contribution >= 0.6 is 11.6 Å². The minimum Gasteiger partial charge on any atom is -0.294 e. The van der Waals surface area contributed by atoms with Crippen LogP contribution in [0, 0.1) is 5.41 Å². The summed E-state index contributed by atoms with van der Waals surface area (Å²) in [6.45, 7) is 2.26. The maximum Gasteiger partial charge on any atom is 0.262 e. The highest BCUT2D eigenvalue weighted by Gasteiger charge is 2.38. The number of fused-ring (bicyclic) bond motifs is 3. The first-order chi connectivity index (χ1) is 12.5. The van der Waals surface area contributed by atoms with Gasteiger partial charge in [-0.3, -0.25) is 13.8 Å². The summed E-state index contributed by atoms with van der Waals surface area (Å²) in [7, 11) is 1.73. The van der Waals surface area contributed by atoms with Crippen molar-refractivity contribution >= 4 is 28.2 Å². The van der Waals surface area contributed by atoms with Crippen molar-refractivity contribution in [2.75, 3.05) is 0 Å². The van der Waals surface area contributed by atoms with Crippen LogP contribution in [0.2, 0.25) is 5.02 Å². The molecule has 0 atom stereocenters. The predicted molar refractivity (Wildman–Crippen MR) is 98.9 cm³/mol. The largest absolute Gasteiger partial charge is 0.294 e. The molecule has 0 bridgehead atoms. The number of imidazole rings is 1. The van der Waals surface area contributed by atoms with Crippen LogP contribution in [-0.4, -0.2) is 28.9 Å². The molecule has 0 radical (unpaired) electrons. The van der Waals surface area contributed by atoms with E-state index in [0.717, 1.165) is 17.6 Å². The van der Waals surface area contributed by atoms with Crippen molar-refractivity contribution in [2.45, 2.75) is 26.2 Å². The Balaban J connectivity index is 1.80. The first-order valence-corrected chi connectivity index (χ1v) is 8.91. The molecule has 5 rings (SSSR count). The Bertz CT molecular complexity index is 1230. The lowest BCUT2D eigenvalue weighted by atomic mass is 10.0. The van der Waals surface area contributed by atoms with Crippen molar-refractivity contribution in [3.63, 3.8) is 0 Å². The molecular formula is C18H17ClN6O. The Kier molecular flexibility index (Phi) is 3.10. The number of aryl methyl sites for hydroxylation is 1. The maximum absolute atomic E-state index is 12.9. The zero-order valence-corrected chi connectivity index (χ0v) is 15.2. The number of aromatic nitrogens is 6. The van der Waals surface area contributed by atoms with E-state index in [4.69, 9.17) is 11.6 Å². The van der Waals surface area contributed by atoms with E-state index in [2.05, 4.69) is 22.2 Å². The zero-order chi connectivity index (χ0) is 18.1. The number of benzene rings is 1. The minimum atomic E-state index is -0.157. The van der Waals surface area contributed by atoms with Gasteiger partial charge < -0.3 is 0 Å². The second-order valence-electron chi connectivity index (χ2n) is 7.38. The van der Waals surface area contributed by atoms with E-state index in [1.54, 1.807) is 34.9 Å². The van der Waals surface area contributed by atoms with Gasteiger partial charge in [0.2, 0.25) is 0 Å². The number of rotatable bonds is 3. The molecule has 0 N–H and O–H groups in total. The van der Waals surface area contributed by atoms with Crippen molar-refractivity contribution in [1.29, 1.82) is 0 Å². The smallest absolute Gasteiger partial charge is 0.262 e. The lowest BCUT2D eigenvalue weighted by Gasteiger charge is -2.11. The molecule has 4 aromatic rings. The molecule has 3 heterocycles. The minimum absolute atomic E-state index is 0.157. The van der Waals surface area contributed by atoms with Crippen LogP contribution in [0.5, 0.6) is 0 Å². The van der Waals surface area contributed by atoms with E-state index < -0.39 is 0 Å². The highest BCUT2D eigenvalue weighted by molar-refractivity contribution is 6.35. The highest BCUT2D eigenvalue weighted by Crippen LogP contribution is 2.47. The summed E-state index contributed by atoms with van der Waals surface area (Å²) in [4.78, 5) is 17.4. The van der Waals surface area contributed by atoms with Gasteiger partial charge in [-0.1, -0.05) is 29.8 Å². The van der Waals surface area contributed by atoms with Crippen LogP contribution in [0.1, 0.15) is 25.5 Å². The van der Waals surface area contributed by atoms with Crippen LogP contribution in [0.4, 0.5) is 0 Å². The molecule has 0 aliphatic heterocycles. The van der Waals surface area contributed by atoms with Crippen molar-refractivity contribution in [3.8, 4) is 5.82 Å². The van der Waals surface area contributed by atoms with Crippen molar-refractivity contribution < 1.29 is 0 Å². The van der Waals surface area contributed by atoms with E-state index in [9.17, 15) is 4.79 Å². The van der Waals surface area contributed by atoms with E-state index in [1.807, 2.05) is 16.5 Å². The SMILES string of the molecule is Cn1c(=O)c2c(Cl)cccc2n2cnc(-n3nncc3CC3(C)CC3)c12. The summed E-state index contributed by atoms with van der Waals surface area (Å²) < 4.78 is 5.19. The summed E-state index contributed by atoms with van der Waals surface area (Å²) in [6, 6.07) is 5.42. The Hall–Kier alpha value is -2.67. The van der Waals surface area contributed by atoms with Crippen LogP contribution in [0.25, 0.3) is 22.4 Å². The lowest BCUT2D eigenvalue weighted by molar-refractivity contribution is 0.547. The molecule has 26 heavy (non-hydrogen) atoms. The fourth-order valence-electron chi connectivity index (χ4n) is 3.54. The normalized spacial score (nSPS) is 15.8.